The van der Waals surface area contributed by atoms with Gasteiger partial charge in [-0.15, -0.1) is 0 Å². The van der Waals surface area contributed by atoms with Crippen LogP contribution in [0.1, 0.15) is 31.5 Å². The second kappa shape index (κ2) is 5.76. The van der Waals surface area contributed by atoms with Crippen LogP contribution in [0.3, 0.4) is 0 Å². The van der Waals surface area contributed by atoms with Gasteiger partial charge in [0, 0.05) is 12.6 Å². The minimum atomic E-state index is -0.314. The summed E-state index contributed by atoms with van der Waals surface area (Å²) in [6.45, 7) is 4.42. The highest BCUT2D eigenvalue weighted by Gasteiger charge is 2.32. The van der Waals surface area contributed by atoms with Crippen LogP contribution in [0.5, 0.6) is 0 Å². The first-order valence-corrected chi connectivity index (χ1v) is 6.62. The Morgan fingerprint density at radius 3 is 2.83 bits per heavy atom. The third kappa shape index (κ3) is 3.75. The zero-order valence-corrected chi connectivity index (χ0v) is 11.1. The van der Waals surface area contributed by atoms with Crippen molar-refractivity contribution in [2.75, 3.05) is 20.1 Å². The smallest absolute Gasteiger partial charge is 0.141 e. The Labute approximate surface area is 108 Å². The van der Waals surface area contributed by atoms with Crippen molar-refractivity contribution in [2.24, 2.45) is 17.6 Å². The van der Waals surface area contributed by atoms with Crippen molar-refractivity contribution >= 4 is 0 Å². The highest BCUT2D eigenvalue weighted by atomic mass is 19.1. The van der Waals surface area contributed by atoms with Crippen LogP contribution >= 0.6 is 0 Å². The van der Waals surface area contributed by atoms with E-state index in [1.165, 1.54) is 18.7 Å². The van der Waals surface area contributed by atoms with Crippen LogP contribution in [0.4, 0.5) is 4.39 Å². The molecule has 3 atom stereocenters. The first-order chi connectivity index (χ1) is 8.56. The molecular weight excluding hydrogens is 229 g/mol. The van der Waals surface area contributed by atoms with E-state index < -0.39 is 0 Å². The Bertz CT molecular complexity index is 379. The summed E-state index contributed by atoms with van der Waals surface area (Å²) in [5, 5.41) is 0. The van der Waals surface area contributed by atoms with Gasteiger partial charge in [0.15, 0.2) is 0 Å². The van der Waals surface area contributed by atoms with Gasteiger partial charge in [0.25, 0.3) is 0 Å². The molecule has 2 N–H and O–H groups in total. The number of aromatic nitrogens is 1. The fourth-order valence-corrected chi connectivity index (χ4v) is 2.26. The number of nitrogens with two attached hydrogens (primary N) is 1. The van der Waals surface area contributed by atoms with E-state index in [1.54, 1.807) is 6.07 Å². The van der Waals surface area contributed by atoms with Gasteiger partial charge in [-0.1, -0.05) is 6.92 Å². The van der Waals surface area contributed by atoms with Gasteiger partial charge in [0.2, 0.25) is 0 Å². The molecule has 0 spiro atoms. The Morgan fingerprint density at radius 2 is 2.28 bits per heavy atom. The van der Waals surface area contributed by atoms with E-state index in [-0.39, 0.29) is 11.9 Å². The summed E-state index contributed by atoms with van der Waals surface area (Å²) in [5.41, 5.74) is 6.82. The van der Waals surface area contributed by atoms with E-state index >= 15 is 0 Å². The molecule has 4 heteroatoms. The van der Waals surface area contributed by atoms with Crippen LogP contribution in [0.25, 0.3) is 0 Å². The predicted molar refractivity (Wildman–Crippen MR) is 70.5 cm³/mol. The normalized spacial score (nSPS) is 24.3. The molecule has 3 nitrogen and oxygen atoms in total. The maximum Gasteiger partial charge on any atom is 0.141 e. The fraction of sp³-hybridized carbons (Fsp3) is 0.643. The molecule has 1 aromatic rings. The van der Waals surface area contributed by atoms with E-state index in [4.69, 9.17) is 5.73 Å². The molecule has 18 heavy (non-hydrogen) atoms. The van der Waals surface area contributed by atoms with Crippen LogP contribution in [0.15, 0.2) is 18.3 Å². The maximum absolute atomic E-state index is 12.7. The van der Waals surface area contributed by atoms with E-state index in [0.717, 1.165) is 37.0 Å². The Kier molecular flexibility index (Phi) is 4.30. The van der Waals surface area contributed by atoms with Crippen LogP contribution in [-0.4, -0.2) is 30.0 Å². The van der Waals surface area contributed by atoms with Crippen LogP contribution < -0.4 is 5.73 Å². The number of rotatable bonds is 6. The van der Waals surface area contributed by atoms with Gasteiger partial charge in [-0.05, 0) is 50.4 Å². The molecule has 100 valence electrons. The summed E-state index contributed by atoms with van der Waals surface area (Å²) in [5.74, 6) is 1.45. The number of nitrogens with zero attached hydrogens (tertiary/aromatic N) is 2. The molecule has 1 fully saturated rings. The summed E-state index contributed by atoms with van der Waals surface area (Å²) >= 11 is 0. The largest absolute Gasteiger partial charge is 0.323 e. The quantitative estimate of drug-likeness (QED) is 0.842. The highest BCUT2D eigenvalue weighted by Crippen LogP contribution is 2.37. The van der Waals surface area contributed by atoms with Crippen molar-refractivity contribution in [3.8, 4) is 0 Å². The zero-order valence-electron chi connectivity index (χ0n) is 11.1. The zero-order chi connectivity index (χ0) is 13.1. The van der Waals surface area contributed by atoms with Crippen molar-refractivity contribution in [1.29, 1.82) is 0 Å². The Hall–Kier alpha value is -1.00. The Balaban J connectivity index is 1.73. The molecule has 0 aromatic carbocycles. The van der Waals surface area contributed by atoms with Gasteiger partial charge in [-0.25, -0.2) is 4.39 Å². The van der Waals surface area contributed by atoms with E-state index in [0.29, 0.717) is 0 Å². The molecule has 0 bridgehead atoms. The molecule has 1 aliphatic carbocycles. The van der Waals surface area contributed by atoms with Gasteiger partial charge >= 0.3 is 0 Å². The lowest BCUT2D eigenvalue weighted by molar-refractivity contribution is 0.301. The Morgan fingerprint density at radius 1 is 1.56 bits per heavy atom. The van der Waals surface area contributed by atoms with Crippen molar-refractivity contribution < 1.29 is 4.39 Å². The van der Waals surface area contributed by atoms with Crippen LogP contribution in [-0.2, 0) is 0 Å². The minimum absolute atomic E-state index is 0.107. The van der Waals surface area contributed by atoms with E-state index in [2.05, 4.69) is 23.9 Å². The standard InChI is InChI=1S/C14H22FN3/c1-10-7-11(10)9-18(2)6-5-13(16)14-4-3-12(15)8-17-14/h3-4,8,10-11,13H,5-7,9,16H2,1-2H3. The third-order valence-corrected chi connectivity index (χ3v) is 3.77. The van der Waals surface area contributed by atoms with Crippen molar-refractivity contribution in [1.82, 2.24) is 9.88 Å². The van der Waals surface area contributed by atoms with Crippen molar-refractivity contribution in [3.05, 3.63) is 29.8 Å². The third-order valence-electron chi connectivity index (χ3n) is 3.77. The van der Waals surface area contributed by atoms with Gasteiger partial charge in [0.1, 0.15) is 5.82 Å². The summed E-state index contributed by atoms with van der Waals surface area (Å²) in [6.07, 6.45) is 3.44. The van der Waals surface area contributed by atoms with Crippen molar-refractivity contribution in [2.45, 2.75) is 25.8 Å². The maximum atomic E-state index is 12.7. The fourth-order valence-electron chi connectivity index (χ4n) is 2.26. The summed E-state index contributed by atoms with van der Waals surface area (Å²) in [7, 11) is 2.13. The number of pyridine rings is 1. The monoisotopic (exact) mass is 251 g/mol. The van der Waals surface area contributed by atoms with E-state index in [9.17, 15) is 4.39 Å². The summed E-state index contributed by atoms with van der Waals surface area (Å²) in [6, 6.07) is 2.98. The number of hydrogen-bond acceptors (Lipinski definition) is 3. The molecule has 1 heterocycles. The molecule has 0 amide bonds. The van der Waals surface area contributed by atoms with Gasteiger partial charge < -0.3 is 10.6 Å². The second-order valence-corrected chi connectivity index (χ2v) is 5.53. The van der Waals surface area contributed by atoms with Gasteiger partial charge in [-0.2, -0.15) is 0 Å². The summed E-state index contributed by atoms with van der Waals surface area (Å²) < 4.78 is 12.7. The van der Waals surface area contributed by atoms with E-state index in [1.807, 2.05) is 0 Å². The molecule has 0 saturated heterocycles. The molecule has 1 saturated carbocycles. The molecule has 0 radical (unpaired) electrons. The average Bonchev–Trinajstić information content (AvgIpc) is 3.02. The number of hydrogen-bond donors (Lipinski definition) is 1. The average molecular weight is 251 g/mol. The first kappa shape index (κ1) is 13.4. The lowest BCUT2D eigenvalue weighted by Gasteiger charge is -2.19. The summed E-state index contributed by atoms with van der Waals surface area (Å²) in [4.78, 5) is 6.35. The minimum Gasteiger partial charge on any atom is -0.323 e. The van der Waals surface area contributed by atoms with Gasteiger partial charge in [-0.3, -0.25) is 4.98 Å². The lowest BCUT2D eigenvalue weighted by atomic mass is 10.1. The molecule has 3 unspecified atom stereocenters. The first-order valence-electron chi connectivity index (χ1n) is 6.62. The molecule has 1 aromatic heterocycles. The second-order valence-electron chi connectivity index (χ2n) is 5.53. The number of halogens is 1. The van der Waals surface area contributed by atoms with Crippen LogP contribution in [0.2, 0.25) is 0 Å². The van der Waals surface area contributed by atoms with Gasteiger partial charge in [0.05, 0.1) is 11.9 Å². The highest BCUT2D eigenvalue weighted by molar-refractivity contribution is 5.09. The lowest BCUT2D eigenvalue weighted by Crippen LogP contribution is -2.26. The van der Waals surface area contributed by atoms with Crippen molar-refractivity contribution in [3.63, 3.8) is 0 Å². The topological polar surface area (TPSA) is 42.1 Å². The van der Waals surface area contributed by atoms with Crippen LogP contribution in [0, 0.1) is 17.7 Å². The predicted octanol–water partition coefficient (Wildman–Crippen LogP) is 2.20. The molecule has 0 aliphatic heterocycles. The molecule has 2 rings (SSSR count). The molecular formula is C14H22FN3. The molecule has 1 aliphatic rings. The SMILES string of the molecule is CC1CC1CN(C)CCC(N)c1ccc(F)cn1.